The number of carbonyl (C=O) groups excluding carboxylic acids is 2. The summed E-state index contributed by atoms with van der Waals surface area (Å²) in [6, 6.07) is 13.3. The minimum Gasteiger partial charge on any atom is -0.496 e. The summed E-state index contributed by atoms with van der Waals surface area (Å²) in [5, 5.41) is 0. The Hall–Kier alpha value is -3.02. The van der Waals surface area contributed by atoms with E-state index in [9.17, 15) is 9.59 Å². The van der Waals surface area contributed by atoms with Gasteiger partial charge in [0.1, 0.15) is 18.1 Å². The second-order valence-corrected chi connectivity index (χ2v) is 8.32. The molecule has 1 saturated heterocycles. The number of rotatable bonds is 5. The highest BCUT2D eigenvalue weighted by Crippen LogP contribution is 2.28. The number of benzene rings is 2. The highest BCUT2D eigenvalue weighted by Gasteiger charge is 2.27. The highest BCUT2D eigenvalue weighted by molar-refractivity contribution is 5.94. The van der Waals surface area contributed by atoms with Crippen LogP contribution in [0.25, 0.3) is 0 Å². The van der Waals surface area contributed by atoms with Gasteiger partial charge in [-0.2, -0.15) is 0 Å². The summed E-state index contributed by atoms with van der Waals surface area (Å²) in [6.45, 7) is 4.52. The van der Waals surface area contributed by atoms with Crippen molar-refractivity contribution in [2.24, 2.45) is 0 Å². The molecule has 6 nitrogen and oxygen atoms in total. The molecule has 6 heteroatoms. The SMILES string of the molecule is COc1ccccc1CCC(=O)N1Cc2cc(C(=O)N3CCCC3)ccc2OC[C@@H]1C. The highest BCUT2D eigenvalue weighted by atomic mass is 16.5. The van der Waals surface area contributed by atoms with Crippen LogP contribution in [0.4, 0.5) is 0 Å². The molecule has 2 heterocycles. The van der Waals surface area contributed by atoms with Gasteiger partial charge in [0, 0.05) is 37.2 Å². The Labute approximate surface area is 183 Å². The van der Waals surface area contributed by atoms with Crippen LogP contribution in [0.15, 0.2) is 42.5 Å². The third kappa shape index (κ3) is 4.68. The maximum Gasteiger partial charge on any atom is 0.253 e. The lowest BCUT2D eigenvalue weighted by atomic mass is 10.1. The van der Waals surface area contributed by atoms with E-state index in [1.165, 1.54) is 0 Å². The summed E-state index contributed by atoms with van der Waals surface area (Å²) in [4.78, 5) is 29.7. The van der Waals surface area contributed by atoms with Gasteiger partial charge < -0.3 is 19.3 Å². The number of aryl methyl sites for hydroxylation is 1. The van der Waals surface area contributed by atoms with Crippen molar-refractivity contribution in [2.45, 2.75) is 45.2 Å². The van der Waals surface area contributed by atoms with Crippen LogP contribution in [0.1, 0.15) is 47.7 Å². The molecule has 0 N–H and O–H groups in total. The molecular weight excluding hydrogens is 392 g/mol. The molecule has 0 bridgehead atoms. The smallest absolute Gasteiger partial charge is 0.253 e. The normalized spacial score (nSPS) is 18.2. The molecule has 1 fully saturated rings. The van der Waals surface area contributed by atoms with Crippen molar-refractivity contribution in [1.29, 1.82) is 0 Å². The first kappa shape index (κ1) is 21.2. The van der Waals surface area contributed by atoms with Crippen molar-refractivity contribution in [2.75, 3.05) is 26.8 Å². The van der Waals surface area contributed by atoms with Crippen LogP contribution >= 0.6 is 0 Å². The van der Waals surface area contributed by atoms with Crippen molar-refractivity contribution in [1.82, 2.24) is 9.80 Å². The standard InChI is InChI=1S/C25H30N2O4/c1-18-17-31-23-11-9-20(25(29)26-13-5-6-14-26)15-21(23)16-27(18)24(28)12-10-19-7-3-4-8-22(19)30-2/h3-4,7-9,11,15,18H,5-6,10,12-14,16-17H2,1-2H3/t18-/m0/s1. The lowest BCUT2D eigenvalue weighted by Crippen LogP contribution is -2.40. The van der Waals surface area contributed by atoms with E-state index in [0.717, 1.165) is 48.6 Å². The number of ether oxygens (including phenoxy) is 2. The summed E-state index contributed by atoms with van der Waals surface area (Å²) in [7, 11) is 1.65. The number of hydrogen-bond donors (Lipinski definition) is 0. The van der Waals surface area contributed by atoms with Gasteiger partial charge in [-0.3, -0.25) is 9.59 Å². The van der Waals surface area contributed by atoms with Crippen LogP contribution in [0.5, 0.6) is 11.5 Å². The quantitative estimate of drug-likeness (QED) is 0.738. The molecule has 2 amide bonds. The predicted molar refractivity (Wildman–Crippen MR) is 118 cm³/mol. The van der Waals surface area contributed by atoms with Gasteiger partial charge >= 0.3 is 0 Å². The second-order valence-electron chi connectivity index (χ2n) is 8.32. The zero-order valence-electron chi connectivity index (χ0n) is 18.3. The fourth-order valence-electron chi connectivity index (χ4n) is 4.35. The molecule has 31 heavy (non-hydrogen) atoms. The Kier molecular flexibility index (Phi) is 6.44. The van der Waals surface area contributed by atoms with Crippen LogP contribution in [0.2, 0.25) is 0 Å². The molecule has 0 radical (unpaired) electrons. The number of amides is 2. The summed E-state index contributed by atoms with van der Waals surface area (Å²) in [5.41, 5.74) is 2.58. The van der Waals surface area contributed by atoms with E-state index in [1.54, 1.807) is 7.11 Å². The molecule has 1 atom stereocenters. The van der Waals surface area contributed by atoms with Gasteiger partial charge in [-0.05, 0) is 56.0 Å². The molecule has 0 spiro atoms. The first-order valence-corrected chi connectivity index (χ1v) is 11.0. The molecule has 2 aliphatic rings. The van der Waals surface area contributed by atoms with Crippen LogP contribution in [-0.2, 0) is 17.8 Å². The van der Waals surface area contributed by atoms with E-state index >= 15 is 0 Å². The van der Waals surface area contributed by atoms with Gasteiger partial charge in [0.15, 0.2) is 0 Å². The number of fused-ring (bicyclic) bond motifs is 1. The van der Waals surface area contributed by atoms with E-state index in [2.05, 4.69) is 0 Å². The second kappa shape index (κ2) is 9.41. The van der Waals surface area contributed by atoms with Crippen LogP contribution < -0.4 is 9.47 Å². The van der Waals surface area contributed by atoms with E-state index in [1.807, 2.05) is 59.2 Å². The first-order chi connectivity index (χ1) is 15.1. The Balaban J connectivity index is 1.48. The summed E-state index contributed by atoms with van der Waals surface area (Å²) >= 11 is 0. The van der Waals surface area contributed by atoms with Gasteiger partial charge in [0.25, 0.3) is 5.91 Å². The fourth-order valence-corrected chi connectivity index (χ4v) is 4.35. The Morgan fingerprint density at radius 1 is 1.13 bits per heavy atom. The van der Waals surface area contributed by atoms with Gasteiger partial charge in [0.2, 0.25) is 5.91 Å². The van der Waals surface area contributed by atoms with E-state index in [4.69, 9.17) is 9.47 Å². The summed E-state index contributed by atoms with van der Waals surface area (Å²) < 4.78 is 11.4. The largest absolute Gasteiger partial charge is 0.496 e. The average Bonchev–Trinajstić information content (AvgIpc) is 3.28. The van der Waals surface area contributed by atoms with Crippen LogP contribution in [0.3, 0.4) is 0 Å². The van der Waals surface area contributed by atoms with E-state index in [-0.39, 0.29) is 17.9 Å². The molecule has 0 aliphatic carbocycles. The number of carbonyl (C=O) groups is 2. The molecule has 0 unspecified atom stereocenters. The number of nitrogens with zero attached hydrogens (tertiary/aromatic N) is 2. The maximum atomic E-state index is 13.1. The summed E-state index contributed by atoms with van der Waals surface area (Å²) in [5.74, 6) is 1.69. The number of para-hydroxylation sites is 1. The molecular formula is C25H30N2O4. The maximum absolute atomic E-state index is 13.1. The average molecular weight is 423 g/mol. The van der Waals surface area contributed by atoms with Gasteiger partial charge in [0.05, 0.1) is 13.2 Å². The van der Waals surface area contributed by atoms with E-state index < -0.39 is 0 Å². The molecule has 2 aromatic carbocycles. The topological polar surface area (TPSA) is 59.1 Å². The third-order valence-electron chi connectivity index (χ3n) is 6.17. The number of hydrogen-bond acceptors (Lipinski definition) is 4. The minimum absolute atomic E-state index is 0.0460. The van der Waals surface area contributed by atoms with Crippen LogP contribution in [-0.4, -0.2) is 54.5 Å². The van der Waals surface area contributed by atoms with Gasteiger partial charge in [-0.1, -0.05) is 18.2 Å². The first-order valence-electron chi connectivity index (χ1n) is 11.0. The van der Waals surface area contributed by atoms with Crippen molar-refractivity contribution in [3.63, 3.8) is 0 Å². The molecule has 0 aromatic heterocycles. The molecule has 4 rings (SSSR count). The van der Waals surface area contributed by atoms with Crippen molar-refractivity contribution in [3.8, 4) is 11.5 Å². The Morgan fingerprint density at radius 3 is 2.68 bits per heavy atom. The lowest BCUT2D eigenvalue weighted by Gasteiger charge is -2.26. The monoisotopic (exact) mass is 422 g/mol. The zero-order valence-corrected chi connectivity index (χ0v) is 18.3. The fraction of sp³-hybridized carbons (Fsp3) is 0.440. The predicted octanol–water partition coefficient (Wildman–Crippen LogP) is 3.67. The van der Waals surface area contributed by atoms with Gasteiger partial charge in [-0.25, -0.2) is 0 Å². The number of likely N-dealkylation sites (tertiary alicyclic amines) is 1. The minimum atomic E-state index is -0.0460. The Bertz CT molecular complexity index is 952. The molecule has 2 aliphatic heterocycles. The van der Waals surface area contributed by atoms with Gasteiger partial charge in [-0.15, -0.1) is 0 Å². The zero-order chi connectivity index (χ0) is 21.8. The van der Waals surface area contributed by atoms with Crippen molar-refractivity contribution < 1.29 is 19.1 Å². The third-order valence-corrected chi connectivity index (χ3v) is 6.17. The van der Waals surface area contributed by atoms with Crippen molar-refractivity contribution >= 4 is 11.8 Å². The lowest BCUT2D eigenvalue weighted by molar-refractivity contribution is -0.134. The van der Waals surface area contributed by atoms with E-state index in [0.29, 0.717) is 31.6 Å². The number of methoxy groups -OCH3 is 1. The molecule has 164 valence electrons. The van der Waals surface area contributed by atoms with Crippen LogP contribution in [0, 0.1) is 0 Å². The van der Waals surface area contributed by atoms with Crippen molar-refractivity contribution in [3.05, 3.63) is 59.2 Å². The molecule has 2 aromatic rings. The Morgan fingerprint density at radius 2 is 1.90 bits per heavy atom. The molecule has 0 saturated carbocycles. The summed E-state index contributed by atoms with van der Waals surface area (Å²) in [6.07, 6.45) is 3.14.